The van der Waals surface area contributed by atoms with Crippen LogP contribution >= 0.6 is 0 Å². The van der Waals surface area contributed by atoms with Gasteiger partial charge in [-0.2, -0.15) is 0 Å². The Balaban J connectivity index is 2.24. The Kier molecular flexibility index (Phi) is 4.58. The second-order valence-corrected chi connectivity index (χ2v) is 5.24. The summed E-state index contributed by atoms with van der Waals surface area (Å²) in [7, 11) is 0. The first-order valence-corrected chi connectivity index (χ1v) is 6.04. The van der Waals surface area contributed by atoms with E-state index in [0.717, 1.165) is 25.8 Å². The third-order valence-corrected chi connectivity index (χ3v) is 3.58. The SMILES string of the molecule is CC(C)C(C)CNC(=O)C1CCC(N)C1. The van der Waals surface area contributed by atoms with Crippen LogP contribution in [0.2, 0.25) is 0 Å². The number of rotatable bonds is 4. The smallest absolute Gasteiger partial charge is 0.223 e. The second kappa shape index (κ2) is 5.50. The summed E-state index contributed by atoms with van der Waals surface area (Å²) in [5, 5.41) is 3.03. The van der Waals surface area contributed by atoms with E-state index in [1.807, 2.05) is 0 Å². The van der Waals surface area contributed by atoms with Gasteiger partial charge in [0.2, 0.25) is 5.91 Å². The molecule has 0 spiro atoms. The van der Waals surface area contributed by atoms with E-state index >= 15 is 0 Å². The minimum Gasteiger partial charge on any atom is -0.356 e. The maximum Gasteiger partial charge on any atom is 0.223 e. The van der Waals surface area contributed by atoms with Crippen molar-refractivity contribution in [3.05, 3.63) is 0 Å². The summed E-state index contributed by atoms with van der Waals surface area (Å²) >= 11 is 0. The topological polar surface area (TPSA) is 55.1 Å². The van der Waals surface area contributed by atoms with E-state index in [0.29, 0.717) is 11.8 Å². The minimum absolute atomic E-state index is 0.166. The third-order valence-electron chi connectivity index (χ3n) is 3.58. The highest BCUT2D eigenvalue weighted by Gasteiger charge is 2.27. The molecule has 0 aliphatic heterocycles. The maximum absolute atomic E-state index is 11.8. The molecule has 1 aliphatic carbocycles. The quantitative estimate of drug-likeness (QED) is 0.742. The van der Waals surface area contributed by atoms with Crippen LogP contribution in [0.4, 0.5) is 0 Å². The molecule has 0 aromatic carbocycles. The predicted molar refractivity (Wildman–Crippen MR) is 62.3 cm³/mol. The van der Waals surface area contributed by atoms with Crippen molar-refractivity contribution in [2.24, 2.45) is 23.5 Å². The summed E-state index contributed by atoms with van der Waals surface area (Å²) in [6, 6.07) is 0.239. The van der Waals surface area contributed by atoms with Crippen LogP contribution in [0.1, 0.15) is 40.0 Å². The number of hydrogen-bond donors (Lipinski definition) is 2. The summed E-state index contributed by atoms with van der Waals surface area (Å²) in [4.78, 5) is 11.8. The monoisotopic (exact) mass is 212 g/mol. The van der Waals surface area contributed by atoms with E-state index in [4.69, 9.17) is 5.73 Å². The third kappa shape index (κ3) is 3.82. The van der Waals surface area contributed by atoms with Crippen molar-refractivity contribution < 1.29 is 4.79 Å². The van der Waals surface area contributed by atoms with Crippen LogP contribution < -0.4 is 11.1 Å². The van der Waals surface area contributed by atoms with Crippen LogP contribution in [-0.2, 0) is 4.79 Å². The first-order valence-electron chi connectivity index (χ1n) is 6.04. The van der Waals surface area contributed by atoms with E-state index in [-0.39, 0.29) is 17.9 Å². The Morgan fingerprint density at radius 2 is 2.07 bits per heavy atom. The van der Waals surface area contributed by atoms with E-state index in [1.54, 1.807) is 0 Å². The minimum atomic E-state index is 0.166. The molecule has 0 heterocycles. The van der Waals surface area contributed by atoms with E-state index in [2.05, 4.69) is 26.1 Å². The number of hydrogen-bond acceptors (Lipinski definition) is 2. The zero-order chi connectivity index (χ0) is 11.4. The van der Waals surface area contributed by atoms with Gasteiger partial charge in [-0.05, 0) is 31.1 Å². The molecule has 1 rings (SSSR count). The predicted octanol–water partition coefficient (Wildman–Crippen LogP) is 1.52. The van der Waals surface area contributed by atoms with E-state index in [1.165, 1.54) is 0 Å². The summed E-state index contributed by atoms with van der Waals surface area (Å²) in [5.41, 5.74) is 5.79. The number of carbonyl (C=O) groups excluding carboxylic acids is 1. The molecular formula is C12H24N2O. The maximum atomic E-state index is 11.8. The molecule has 0 bridgehead atoms. The molecule has 3 unspecified atom stereocenters. The van der Waals surface area contributed by atoms with Gasteiger partial charge in [0.15, 0.2) is 0 Å². The molecule has 3 heteroatoms. The Morgan fingerprint density at radius 3 is 2.53 bits per heavy atom. The summed E-state index contributed by atoms with van der Waals surface area (Å²) in [5.74, 6) is 1.54. The van der Waals surface area contributed by atoms with Crippen molar-refractivity contribution in [3.63, 3.8) is 0 Å². The zero-order valence-electron chi connectivity index (χ0n) is 10.1. The Bertz CT molecular complexity index is 216. The van der Waals surface area contributed by atoms with Crippen molar-refractivity contribution in [1.82, 2.24) is 5.32 Å². The van der Waals surface area contributed by atoms with Gasteiger partial charge in [0.05, 0.1) is 0 Å². The van der Waals surface area contributed by atoms with Gasteiger partial charge in [0, 0.05) is 18.5 Å². The lowest BCUT2D eigenvalue weighted by molar-refractivity contribution is -0.125. The van der Waals surface area contributed by atoms with Crippen LogP contribution in [0, 0.1) is 17.8 Å². The van der Waals surface area contributed by atoms with Gasteiger partial charge in [0.1, 0.15) is 0 Å². The lowest BCUT2D eigenvalue weighted by Gasteiger charge is -2.17. The molecule has 3 nitrogen and oxygen atoms in total. The molecule has 3 atom stereocenters. The highest BCUT2D eigenvalue weighted by molar-refractivity contribution is 5.78. The van der Waals surface area contributed by atoms with E-state index in [9.17, 15) is 4.79 Å². The molecule has 15 heavy (non-hydrogen) atoms. The van der Waals surface area contributed by atoms with Crippen molar-refractivity contribution >= 4 is 5.91 Å². The lowest BCUT2D eigenvalue weighted by atomic mass is 9.98. The van der Waals surface area contributed by atoms with E-state index < -0.39 is 0 Å². The van der Waals surface area contributed by atoms with Gasteiger partial charge in [-0.25, -0.2) is 0 Å². The van der Waals surface area contributed by atoms with Crippen LogP contribution in [0.25, 0.3) is 0 Å². The number of nitrogens with two attached hydrogens (primary N) is 1. The molecule has 88 valence electrons. The standard InChI is InChI=1S/C12H24N2O/c1-8(2)9(3)7-14-12(15)10-4-5-11(13)6-10/h8-11H,4-7,13H2,1-3H3,(H,14,15). The highest BCUT2D eigenvalue weighted by atomic mass is 16.1. The molecule has 0 saturated heterocycles. The fourth-order valence-corrected chi connectivity index (χ4v) is 1.90. The fourth-order valence-electron chi connectivity index (χ4n) is 1.90. The van der Waals surface area contributed by atoms with Gasteiger partial charge in [-0.15, -0.1) is 0 Å². The summed E-state index contributed by atoms with van der Waals surface area (Å²) in [6.07, 6.45) is 2.82. The van der Waals surface area contributed by atoms with Crippen LogP contribution in [0.5, 0.6) is 0 Å². The molecule has 1 aliphatic rings. The first kappa shape index (κ1) is 12.5. The Morgan fingerprint density at radius 1 is 1.40 bits per heavy atom. The highest BCUT2D eigenvalue weighted by Crippen LogP contribution is 2.24. The molecule has 3 N–H and O–H groups in total. The number of amides is 1. The Hall–Kier alpha value is -0.570. The molecule has 0 aromatic heterocycles. The molecule has 0 aromatic rings. The van der Waals surface area contributed by atoms with Crippen LogP contribution in [0.3, 0.4) is 0 Å². The average Bonchev–Trinajstić information content (AvgIpc) is 2.60. The van der Waals surface area contributed by atoms with Gasteiger partial charge < -0.3 is 11.1 Å². The van der Waals surface area contributed by atoms with Gasteiger partial charge in [-0.1, -0.05) is 20.8 Å². The molecule has 1 saturated carbocycles. The molecule has 0 radical (unpaired) electrons. The zero-order valence-corrected chi connectivity index (χ0v) is 10.1. The number of carbonyl (C=O) groups is 1. The van der Waals surface area contributed by atoms with Gasteiger partial charge >= 0.3 is 0 Å². The molecular weight excluding hydrogens is 188 g/mol. The van der Waals surface area contributed by atoms with Crippen LogP contribution in [-0.4, -0.2) is 18.5 Å². The van der Waals surface area contributed by atoms with Crippen molar-refractivity contribution in [2.75, 3.05) is 6.54 Å². The Labute approximate surface area is 92.8 Å². The second-order valence-electron chi connectivity index (χ2n) is 5.24. The molecule has 1 fully saturated rings. The normalized spacial score (nSPS) is 28.1. The average molecular weight is 212 g/mol. The first-order chi connectivity index (χ1) is 7.00. The number of nitrogens with one attached hydrogen (secondary N) is 1. The van der Waals surface area contributed by atoms with Crippen molar-refractivity contribution in [1.29, 1.82) is 0 Å². The van der Waals surface area contributed by atoms with Gasteiger partial charge in [-0.3, -0.25) is 4.79 Å². The molecule has 1 amide bonds. The summed E-state index contributed by atoms with van der Waals surface area (Å²) < 4.78 is 0. The largest absolute Gasteiger partial charge is 0.356 e. The van der Waals surface area contributed by atoms with Crippen LogP contribution in [0.15, 0.2) is 0 Å². The van der Waals surface area contributed by atoms with Crippen molar-refractivity contribution in [2.45, 2.75) is 46.1 Å². The van der Waals surface area contributed by atoms with Gasteiger partial charge in [0.25, 0.3) is 0 Å². The fraction of sp³-hybridized carbons (Fsp3) is 0.917. The van der Waals surface area contributed by atoms with Crippen molar-refractivity contribution in [3.8, 4) is 0 Å². The lowest BCUT2D eigenvalue weighted by Crippen LogP contribution is -2.34. The summed E-state index contributed by atoms with van der Waals surface area (Å²) in [6.45, 7) is 7.33.